The lowest BCUT2D eigenvalue weighted by Crippen LogP contribution is -2.33. The molecular weight excluding hydrogens is 324 g/mol. The van der Waals surface area contributed by atoms with Gasteiger partial charge in [0.2, 0.25) is 6.23 Å². The van der Waals surface area contributed by atoms with Gasteiger partial charge in [0.1, 0.15) is 5.75 Å². The number of ether oxygens (including phenoxy) is 1. The Bertz CT molecular complexity index is 855. The van der Waals surface area contributed by atoms with E-state index in [4.69, 9.17) is 9.84 Å². The summed E-state index contributed by atoms with van der Waals surface area (Å²) >= 11 is 3.43. The Labute approximate surface area is 142 Å². The van der Waals surface area contributed by atoms with Crippen LogP contribution in [0.2, 0.25) is 0 Å². The Morgan fingerprint density at radius 1 is 1.09 bits per heavy atom. The number of fused-ring (bicyclic) bond motifs is 3. The second-order valence-corrected chi connectivity index (χ2v) is 7.44. The number of hydrazone groups is 1. The SMILES string of the molecule is c1csc([C@@H]2Oc3ccccc3[C@@H]3CC(c4ccsc4)=NN32)c1. The van der Waals surface area contributed by atoms with Crippen LogP contribution >= 0.6 is 22.7 Å². The van der Waals surface area contributed by atoms with Crippen LogP contribution < -0.4 is 4.74 Å². The van der Waals surface area contributed by atoms with E-state index in [0.717, 1.165) is 17.9 Å². The van der Waals surface area contributed by atoms with Gasteiger partial charge in [-0.05, 0) is 34.3 Å². The molecular formula is C18H14N2OS2. The summed E-state index contributed by atoms with van der Waals surface area (Å²) in [5.41, 5.74) is 3.61. The standard InChI is InChI=1S/C18H14N2OS2/c1-2-5-16-13(4-1)15-10-14(12-7-9-22-11-12)19-20(15)18(21-16)17-6-3-8-23-17/h1-9,11,15,18H,10H2/t15-,18-/m0/s1. The molecule has 0 saturated heterocycles. The fourth-order valence-corrected chi connectivity index (χ4v) is 4.67. The molecule has 2 aliphatic heterocycles. The van der Waals surface area contributed by atoms with E-state index >= 15 is 0 Å². The van der Waals surface area contributed by atoms with E-state index in [-0.39, 0.29) is 12.3 Å². The van der Waals surface area contributed by atoms with Gasteiger partial charge in [0.15, 0.2) is 0 Å². The molecule has 0 amide bonds. The van der Waals surface area contributed by atoms with E-state index in [2.05, 4.69) is 57.5 Å². The van der Waals surface area contributed by atoms with Crippen LogP contribution in [0.5, 0.6) is 5.75 Å². The zero-order valence-corrected chi connectivity index (χ0v) is 13.9. The number of para-hydroxylation sites is 1. The fourth-order valence-electron chi connectivity index (χ4n) is 3.26. The highest BCUT2D eigenvalue weighted by Crippen LogP contribution is 2.48. The van der Waals surface area contributed by atoms with Crippen molar-refractivity contribution < 1.29 is 4.74 Å². The highest BCUT2D eigenvalue weighted by Gasteiger charge is 2.41. The minimum atomic E-state index is -0.133. The van der Waals surface area contributed by atoms with Gasteiger partial charge in [0, 0.05) is 17.5 Å². The first-order valence-corrected chi connectivity index (χ1v) is 9.40. The molecule has 0 spiro atoms. The number of thiophene rings is 2. The number of benzene rings is 1. The largest absolute Gasteiger partial charge is 0.464 e. The van der Waals surface area contributed by atoms with Crippen LogP contribution in [0.25, 0.3) is 0 Å². The first-order valence-electron chi connectivity index (χ1n) is 7.57. The van der Waals surface area contributed by atoms with Crippen molar-refractivity contribution in [2.75, 3.05) is 0 Å². The molecule has 0 unspecified atom stereocenters. The van der Waals surface area contributed by atoms with Gasteiger partial charge in [-0.3, -0.25) is 0 Å². The van der Waals surface area contributed by atoms with Crippen LogP contribution in [0.4, 0.5) is 0 Å². The molecule has 2 aromatic heterocycles. The maximum absolute atomic E-state index is 6.29. The Balaban J connectivity index is 1.62. The normalized spacial score (nSPS) is 22.3. The Hall–Kier alpha value is -2.11. The van der Waals surface area contributed by atoms with Gasteiger partial charge in [0.25, 0.3) is 0 Å². The number of hydrogen-bond donors (Lipinski definition) is 0. The van der Waals surface area contributed by atoms with Gasteiger partial charge in [0.05, 0.1) is 16.6 Å². The van der Waals surface area contributed by atoms with E-state index in [0.29, 0.717) is 0 Å². The van der Waals surface area contributed by atoms with E-state index in [1.165, 1.54) is 16.0 Å². The highest BCUT2D eigenvalue weighted by atomic mass is 32.1. The van der Waals surface area contributed by atoms with Gasteiger partial charge in [-0.25, -0.2) is 5.01 Å². The summed E-state index contributed by atoms with van der Waals surface area (Å²) in [6.07, 6.45) is 0.796. The van der Waals surface area contributed by atoms with E-state index < -0.39 is 0 Å². The lowest BCUT2D eigenvalue weighted by Gasteiger charge is -2.37. The van der Waals surface area contributed by atoms with Crippen molar-refractivity contribution in [2.24, 2.45) is 5.10 Å². The lowest BCUT2D eigenvalue weighted by molar-refractivity contribution is -0.0165. The monoisotopic (exact) mass is 338 g/mol. The molecule has 0 aliphatic carbocycles. The van der Waals surface area contributed by atoms with Crippen LogP contribution in [0.15, 0.2) is 63.7 Å². The van der Waals surface area contributed by atoms with Crippen molar-refractivity contribution >= 4 is 28.4 Å². The minimum absolute atomic E-state index is 0.133. The third-order valence-corrected chi connectivity index (χ3v) is 5.93. The first kappa shape index (κ1) is 13.3. The molecule has 0 saturated carbocycles. The van der Waals surface area contributed by atoms with Crippen LogP contribution in [-0.2, 0) is 0 Å². The zero-order chi connectivity index (χ0) is 15.2. The minimum Gasteiger partial charge on any atom is -0.464 e. The molecule has 5 heteroatoms. The van der Waals surface area contributed by atoms with Gasteiger partial charge in [-0.15, -0.1) is 11.3 Å². The predicted octanol–water partition coefficient (Wildman–Crippen LogP) is 5.05. The second kappa shape index (κ2) is 5.22. The van der Waals surface area contributed by atoms with Crippen LogP contribution in [-0.4, -0.2) is 10.7 Å². The molecule has 4 heterocycles. The van der Waals surface area contributed by atoms with Gasteiger partial charge < -0.3 is 4.74 Å². The molecule has 1 aromatic carbocycles. The van der Waals surface area contributed by atoms with Gasteiger partial charge >= 0.3 is 0 Å². The summed E-state index contributed by atoms with van der Waals surface area (Å²) in [6, 6.07) is 14.9. The average molecular weight is 338 g/mol. The van der Waals surface area contributed by atoms with E-state index in [1.807, 2.05) is 6.07 Å². The van der Waals surface area contributed by atoms with Crippen molar-refractivity contribution in [1.82, 2.24) is 5.01 Å². The van der Waals surface area contributed by atoms with Crippen molar-refractivity contribution in [3.63, 3.8) is 0 Å². The summed E-state index contributed by atoms with van der Waals surface area (Å²) in [6.45, 7) is 0. The van der Waals surface area contributed by atoms with Crippen LogP contribution in [0, 0.1) is 0 Å². The molecule has 23 heavy (non-hydrogen) atoms. The summed E-state index contributed by atoms with van der Waals surface area (Å²) in [4.78, 5) is 1.19. The van der Waals surface area contributed by atoms with Crippen LogP contribution in [0.3, 0.4) is 0 Å². The van der Waals surface area contributed by atoms with Gasteiger partial charge in [-0.2, -0.15) is 16.4 Å². The summed E-state index contributed by atoms with van der Waals surface area (Å²) in [5, 5.41) is 13.4. The maximum Gasteiger partial charge on any atom is 0.222 e. The van der Waals surface area contributed by atoms with Gasteiger partial charge in [-0.1, -0.05) is 24.3 Å². The Kier molecular flexibility index (Phi) is 3.02. The van der Waals surface area contributed by atoms with Crippen LogP contribution in [0.1, 0.15) is 34.7 Å². The quantitative estimate of drug-likeness (QED) is 0.653. The van der Waals surface area contributed by atoms with Crippen molar-refractivity contribution in [2.45, 2.75) is 18.7 Å². The second-order valence-electron chi connectivity index (χ2n) is 5.68. The van der Waals surface area contributed by atoms with Crippen molar-refractivity contribution in [3.05, 3.63) is 74.6 Å². The number of rotatable bonds is 2. The molecule has 3 nitrogen and oxygen atoms in total. The molecule has 0 bridgehead atoms. The third kappa shape index (κ3) is 2.11. The lowest BCUT2D eigenvalue weighted by atomic mass is 9.97. The molecule has 2 atom stereocenters. The zero-order valence-electron chi connectivity index (χ0n) is 12.3. The summed E-state index contributed by atoms with van der Waals surface area (Å²) in [5.74, 6) is 0.980. The number of nitrogens with zero attached hydrogens (tertiary/aromatic N) is 2. The molecule has 2 aliphatic rings. The molecule has 0 fully saturated rings. The molecule has 114 valence electrons. The smallest absolute Gasteiger partial charge is 0.222 e. The summed E-state index contributed by atoms with van der Waals surface area (Å²) < 4.78 is 6.29. The Morgan fingerprint density at radius 3 is 2.87 bits per heavy atom. The van der Waals surface area contributed by atoms with E-state index in [9.17, 15) is 0 Å². The molecule has 5 rings (SSSR count). The fraction of sp³-hybridized carbons (Fsp3) is 0.167. The number of hydrogen-bond acceptors (Lipinski definition) is 5. The van der Waals surface area contributed by atoms with Crippen molar-refractivity contribution in [1.29, 1.82) is 0 Å². The highest BCUT2D eigenvalue weighted by molar-refractivity contribution is 7.10. The topological polar surface area (TPSA) is 24.8 Å². The first-order chi connectivity index (χ1) is 11.4. The van der Waals surface area contributed by atoms with E-state index in [1.54, 1.807) is 22.7 Å². The van der Waals surface area contributed by atoms with Crippen molar-refractivity contribution in [3.8, 4) is 5.75 Å². The summed E-state index contributed by atoms with van der Waals surface area (Å²) in [7, 11) is 0. The predicted molar refractivity (Wildman–Crippen MR) is 94.2 cm³/mol. The Morgan fingerprint density at radius 2 is 2.04 bits per heavy atom. The average Bonchev–Trinajstić information content (AvgIpc) is 3.34. The molecule has 0 radical (unpaired) electrons. The maximum atomic E-state index is 6.29. The molecule has 3 aromatic rings. The molecule has 0 N–H and O–H groups in total. The third-order valence-electron chi connectivity index (χ3n) is 4.34.